The number of carbonyl (C=O) groups is 2. The molecule has 1 atom stereocenters. The predicted octanol–water partition coefficient (Wildman–Crippen LogP) is 4.74. The lowest BCUT2D eigenvalue weighted by atomic mass is 9.94. The molecule has 1 unspecified atom stereocenters. The SMILES string of the molecule is COc1cccc(CCC2=C(C(=O)OCc3ccccc3)C(c3ccsc3)NC(=O)N2)c1. The molecule has 0 saturated heterocycles. The molecule has 4 rings (SSSR count). The van der Waals surface area contributed by atoms with Crippen molar-refractivity contribution >= 4 is 23.3 Å². The van der Waals surface area contributed by atoms with Crippen LogP contribution in [0, 0.1) is 0 Å². The summed E-state index contributed by atoms with van der Waals surface area (Å²) in [5.41, 5.74) is 3.82. The second kappa shape index (κ2) is 10.2. The van der Waals surface area contributed by atoms with Crippen LogP contribution in [0.1, 0.15) is 29.2 Å². The van der Waals surface area contributed by atoms with Gasteiger partial charge in [-0.15, -0.1) is 0 Å². The van der Waals surface area contributed by atoms with Crippen LogP contribution in [0.4, 0.5) is 4.79 Å². The summed E-state index contributed by atoms with van der Waals surface area (Å²) in [6, 6.07) is 18.3. The maximum absolute atomic E-state index is 13.2. The second-order valence-electron chi connectivity index (χ2n) is 7.39. The van der Waals surface area contributed by atoms with E-state index in [4.69, 9.17) is 9.47 Å². The van der Waals surface area contributed by atoms with Crippen molar-refractivity contribution in [2.75, 3.05) is 7.11 Å². The molecule has 0 fully saturated rings. The van der Waals surface area contributed by atoms with Crippen molar-refractivity contribution in [2.45, 2.75) is 25.5 Å². The fourth-order valence-electron chi connectivity index (χ4n) is 3.64. The van der Waals surface area contributed by atoms with Gasteiger partial charge in [0.05, 0.1) is 18.7 Å². The third-order valence-electron chi connectivity index (χ3n) is 5.26. The zero-order valence-electron chi connectivity index (χ0n) is 17.7. The maximum atomic E-state index is 13.2. The van der Waals surface area contributed by atoms with Crippen LogP contribution in [0.2, 0.25) is 0 Å². The molecule has 2 N–H and O–H groups in total. The van der Waals surface area contributed by atoms with Crippen LogP contribution in [0.25, 0.3) is 0 Å². The molecule has 6 nitrogen and oxygen atoms in total. The molecule has 2 amide bonds. The Bertz CT molecular complexity index is 1110. The third kappa shape index (κ3) is 5.18. The number of ether oxygens (including phenoxy) is 2. The van der Waals surface area contributed by atoms with Gasteiger partial charge < -0.3 is 20.1 Å². The quantitative estimate of drug-likeness (QED) is 0.488. The molecule has 0 aliphatic carbocycles. The third-order valence-corrected chi connectivity index (χ3v) is 5.96. The van der Waals surface area contributed by atoms with Crippen molar-refractivity contribution in [3.8, 4) is 5.75 Å². The highest BCUT2D eigenvalue weighted by Gasteiger charge is 2.33. The summed E-state index contributed by atoms with van der Waals surface area (Å²) in [5.74, 6) is 0.322. The molecule has 2 aromatic carbocycles. The molecule has 1 aromatic heterocycles. The Labute approximate surface area is 190 Å². The lowest BCUT2D eigenvalue weighted by Gasteiger charge is -2.29. The molecule has 32 heavy (non-hydrogen) atoms. The van der Waals surface area contributed by atoms with Crippen LogP contribution in [-0.4, -0.2) is 19.1 Å². The Hall–Kier alpha value is -3.58. The van der Waals surface area contributed by atoms with E-state index in [1.807, 2.05) is 71.4 Å². The van der Waals surface area contributed by atoms with Crippen molar-refractivity contribution in [2.24, 2.45) is 0 Å². The van der Waals surface area contributed by atoms with Crippen LogP contribution in [0.15, 0.2) is 82.7 Å². The number of benzene rings is 2. The first-order valence-corrected chi connectivity index (χ1v) is 11.2. The Morgan fingerprint density at radius 1 is 1.03 bits per heavy atom. The molecule has 0 radical (unpaired) electrons. The largest absolute Gasteiger partial charge is 0.497 e. The minimum Gasteiger partial charge on any atom is -0.497 e. The number of hydrogen-bond donors (Lipinski definition) is 2. The summed E-state index contributed by atoms with van der Waals surface area (Å²) in [4.78, 5) is 25.6. The Morgan fingerprint density at radius 2 is 1.84 bits per heavy atom. The maximum Gasteiger partial charge on any atom is 0.338 e. The van der Waals surface area contributed by atoms with Gasteiger partial charge in [-0.2, -0.15) is 11.3 Å². The van der Waals surface area contributed by atoms with Gasteiger partial charge in [0.2, 0.25) is 0 Å². The molecule has 1 aliphatic rings. The summed E-state index contributed by atoms with van der Waals surface area (Å²) in [7, 11) is 1.63. The Morgan fingerprint density at radius 3 is 2.59 bits per heavy atom. The highest BCUT2D eigenvalue weighted by Crippen LogP contribution is 2.31. The molecule has 7 heteroatoms. The van der Waals surface area contributed by atoms with Gasteiger partial charge in [-0.3, -0.25) is 0 Å². The van der Waals surface area contributed by atoms with Gasteiger partial charge in [0.1, 0.15) is 12.4 Å². The topological polar surface area (TPSA) is 76.7 Å². The minimum absolute atomic E-state index is 0.163. The predicted molar refractivity (Wildman–Crippen MR) is 123 cm³/mol. The van der Waals surface area contributed by atoms with Gasteiger partial charge in [0.15, 0.2) is 0 Å². The van der Waals surface area contributed by atoms with Crippen molar-refractivity contribution in [3.05, 3.63) is 99.4 Å². The number of thiophene rings is 1. The van der Waals surface area contributed by atoms with E-state index in [-0.39, 0.29) is 12.6 Å². The zero-order valence-corrected chi connectivity index (χ0v) is 18.5. The molecule has 0 spiro atoms. The van der Waals surface area contributed by atoms with E-state index < -0.39 is 12.0 Å². The highest BCUT2D eigenvalue weighted by molar-refractivity contribution is 7.08. The van der Waals surface area contributed by atoms with Crippen LogP contribution >= 0.6 is 11.3 Å². The van der Waals surface area contributed by atoms with Crippen molar-refractivity contribution in [1.82, 2.24) is 10.6 Å². The molecule has 0 bridgehead atoms. The monoisotopic (exact) mass is 448 g/mol. The number of methoxy groups -OCH3 is 1. The normalized spacial score (nSPS) is 15.7. The first-order valence-electron chi connectivity index (χ1n) is 10.3. The molecule has 2 heterocycles. The van der Waals surface area contributed by atoms with Crippen LogP contribution in [0.3, 0.4) is 0 Å². The standard InChI is InChI=1S/C25H24N2O4S/c1-30-20-9-5-8-17(14-20)10-11-21-22(24(28)31-15-18-6-3-2-4-7-18)23(27-25(29)26-21)19-12-13-32-16-19/h2-9,12-14,16,23H,10-11,15H2,1H3,(H2,26,27,29). The van der Waals surface area contributed by atoms with Gasteiger partial charge in [-0.05, 0) is 58.5 Å². The molecule has 1 aliphatic heterocycles. The van der Waals surface area contributed by atoms with E-state index in [2.05, 4.69) is 10.6 Å². The van der Waals surface area contributed by atoms with Gasteiger partial charge in [-0.25, -0.2) is 9.59 Å². The lowest BCUT2D eigenvalue weighted by Crippen LogP contribution is -2.46. The van der Waals surface area contributed by atoms with Crippen LogP contribution < -0.4 is 15.4 Å². The highest BCUT2D eigenvalue weighted by atomic mass is 32.1. The molecule has 164 valence electrons. The van der Waals surface area contributed by atoms with Crippen molar-refractivity contribution in [1.29, 1.82) is 0 Å². The number of esters is 1. The number of amides is 2. The van der Waals surface area contributed by atoms with E-state index in [1.165, 1.54) is 11.3 Å². The average Bonchev–Trinajstić information content (AvgIpc) is 3.36. The fraction of sp³-hybridized carbons (Fsp3) is 0.200. The smallest absolute Gasteiger partial charge is 0.338 e. The lowest BCUT2D eigenvalue weighted by molar-refractivity contribution is -0.140. The van der Waals surface area contributed by atoms with Gasteiger partial charge in [-0.1, -0.05) is 42.5 Å². The second-order valence-corrected chi connectivity index (χ2v) is 8.17. The van der Waals surface area contributed by atoms with E-state index in [0.717, 1.165) is 22.4 Å². The molecular formula is C25H24N2O4S. The van der Waals surface area contributed by atoms with Gasteiger partial charge >= 0.3 is 12.0 Å². The number of aryl methyl sites for hydroxylation is 1. The molecule has 3 aromatic rings. The van der Waals surface area contributed by atoms with Gasteiger partial charge in [0, 0.05) is 5.70 Å². The summed E-state index contributed by atoms with van der Waals surface area (Å²) in [6.07, 6.45) is 1.12. The Balaban J connectivity index is 1.61. The minimum atomic E-state index is -0.557. The average molecular weight is 449 g/mol. The number of hydrogen-bond acceptors (Lipinski definition) is 5. The number of urea groups is 1. The number of allylic oxidation sites excluding steroid dienone is 1. The summed E-state index contributed by atoms with van der Waals surface area (Å²) in [6.45, 7) is 0.163. The molecule has 0 saturated carbocycles. The number of carbonyl (C=O) groups excluding carboxylic acids is 2. The summed E-state index contributed by atoms with van der Waals surface area (Å²) in [5, 5.41) is 9.56. The summed E-state index contributed by atoms with van der Waals surface area (Å²) >= 11 is 1.51. The first kappa shape index (κ1) is 21.6. The summed E-state index contributed by atoms with van der Waals surface area (Å²) < 4.78 is 10.9. The van der Waals surface area contributed by atoms with Crippen molar-refractivity contribution < 1.29 is 19.1 Å². The Kier molecular flexibility index (Phi) is 6.87. The molecular weight excluding hydrogens is 424 g/mol. The first-order chi connectivity index (χ1) is 15.6. The van der Waals surface area contributed by atoms with E-state index in [1.54, 1.807) is 7.11 Å². The zero-order chi connectivity index (χ0) is 22.3. The fourth-order valence-corrected chi connectivity index (χ4v) is 4.33. The number of rotatable bonds is 8. The van der Waals surface area contributed by atoms with E-state index >= 15 is 0 Å². The van der Waals surface area contributed by atoms with E-state index in [0.29, 0.717) is 24.1 Å². The van der Waals surface area contributed by atoms with E-state index in [9.17, 15) is 9.59 Å². The van der Waals surface area contributed by atoms with Crippen LogP contribution in [-0.2, 0) is 22.6 Å². The van der Waals surface area contributed by atoms with Crippen molar-refractivity contribution in [3.63, 3.8) is 0 Å². The van der Waals surface area contributed by atoms with Gasteiger partial charge in [0.25, 0.3) is 0 Å². The van der Waals surface area contributed by atoms with Crippen LogP contribution in [0.5, 0.6) is 5.75 Å². The number of nitrogens with one attached hydrogen (secondary N) is 2.